The molecule has 2 N–H and O–H groups in total. The highest BCUT2D eigenvalue weighted by Gasteiger charge is 2.08. The zero-order valence-electron chi connectivity index (χ0n) is 16.4. The topological polar surface area (TPSA) is 89.0 Å². The van der Waals surface area contributed by atoms with E-state index in [1.165, 1.54) is 6.21 Å². The lowest BCUT2D eigenvalue weighted by atomic mass is 10.2. The molecule has 2 rings (SSSR count). The first-order valence-electron chi connectivity index (χ1n) is 9.29. The van der Waals surface area contributed by atoms with Crippen LogP contribution < -0.4 is 20.2 Å². The van der Waals surface area contributed by atoms with Crippen molar-refractivity contribution < 1.29 is 19.1 Å². The van der Waals surface area contributed by atoms with E-state index in [1.54, 1.807) is 36.4 Å². The molecular formula is C22H25N3O4. The Morgan fingerprint density at radius 1 is 1.10 bits per heavy atom. The third-order valence-electron chi connectivity index (χ3n) is 3.67. The Kier molecular flexibility index (Phi) is 8.95. The maximum Gasteiger partial charge on any atom is 0.259 e. The molecule has 0 aliphatic rings. The summed E-state index contributed by atoms with van der Waals surface area (Å²) in [5.74, 6) is 0.536. The van der Waals surface area contributed by atoms with Gasteiger partial charge in [0.2, 0.25) is 0 Å². The van der Waals surface area contributed by atoms with Crippen LogP contribution in [0.5, 0.6) is 11.5 Å². The molecule has 7 heteroatoms. The number of carbonyl (C=O) groups excluding carboxylic acids is 2. The summed E-state index contributed by atoms with van der Waals surface area (Å²) in [4.78, 5) is 24.0. The van der Waals surface area contributed by atoms with Crippen LogP contribution in [-0.4, -0.2) is 37.8 Å². The molecule has 0 fully saturated rings. The highest BCUT2D eigenvalue weighted by molar-refractivity contribution is 5.96. The Bertz CT molecular complexity index is 847. The van der Waals surface area contributed by atoms with Crippen LogP contribution >= 0.6 is 0 Å². The maximum absolute atomic E-state index is 12.1. The molecule has 0 saturated carbocycles. The van der Waals surface area contributed by atoms with Gasteiger partial charge in [-0.25, -0.2) is 5.43 Å². The summed E-state index contributed by atoms with van der Waals surface area (Å²) in [6.45, 7) is 6.42. The minimum Gasteiger partial charge on any atom is -0.494 e. The minimum atomic E-state index is -0.443. The van der Waals surface area contributed by atoms with Gasteiger partial charge >= 0.3 is 0 Å². The summed E-state index contributed by atoms with van der Waals surface area (Å²) < 4.78 is 11.0. The molecule has 2 amide bonds. The van der Waals surface area contributed by atoms with Gasteiger partial charge in [-0.1, -0.05) is 31.7 Å². The number of hydrazone groups is 1. The smallest absolute Gasteiger partial charge is 0.259 e. The van der Waals surface area contributed by atoms with Crippen LogP contribution in [0.1, 0.15) is 29.3 Å². The molecule has 29 heavy (non-hydrogen) atoms. The molecule has 0 spiro atoms. The standard InChI is InChI=1S/C22H25N3O4/c1-3-13-28-19-11-9-17(10-12-19)22(27)23-16-21(26)25-24-15-18-7-5-6-8-20(18)29-14-4-2/h4-12,15H,2-3,13-14,16H2,1H3,(H,23,27)(H,25,26)/b24-15+. The van der Waals surface area contributed by atoms with Crippen molar-refractivity contribution in [2.24, 2.45) is 5.10 Å². The summed E-state index contributed by atoms with van der Waals surface area (Å²) in [6.07, 6.45) is 4.03. The van der Waals surface area contributed by atoms with Gasteiger partial charge < -0.3 is 14.8 Å². The first-order chi connectivity index (χ1) is 14.1. The SMILES string of the molecule is C=CCOc1ccccc1/C=N/NC(=O)CNC(=O)c1ccc(OCCC)cc1. The lowest BCUT2D eigenvalue weighted by Gasteiger charge is -2.07. The quantitative estimate of drug-likeness (QED) is 0.348. The number of ether oxygens (including phenoxy) is 2. The van der Waals surface area contributed by atoms with Crippen molar-refractivity contribution in [1.29, 1.82) is 0 Å². The third-order valence-corrected chi connectivity index (χ3v) is 3.67. The van der Waals surface area contributed by atoms with Crippen LogP contribution in [0.3, 0.4) is 0 Å². The lowest BCUT2D eigenvalue weighted by molar-refractivity contribution is -0.120. The van der Waals surface area contributed by atoms with Crippen molar-refractivity contribution in [1.82, 2.24) is 10.7 Å². The predicted octanol–water partition coefficient (Wildman–Crippen LogP) is 2.92. The highest BCUT2D eigenvalue weighted by atomic mass is 16.5. The molecule has 0 unspecified atom stereocenters. The lowest BCUT2D eigenvalue weighted by Crippen LogP contribution is -2.34. The molecular weight excluding hydrogens is 370 g/mol. The molecule has 7 nitrogen and oxygen atoms in total. The van der Waals surface area contributed by atoms with E-state index in [0.29, 0.717) is 35.8 Å². The summed E-state index contributed by atoms with van der Waals surface area (Å²) in [5, 5.41) is 6.45. The Morgan fingerprint density at radius 2 is 1.86 bits per heavy atom. The second-order valence-corrected chi connectivity index (χ2v) is 5.99. The van der Waals surface area contributed by atoms with Crippen molar-refractivity contribution in [3.8, 4) is 11.5 Å². The van der Waals surface area contributed by atoms with E-state index < -0.39 is 5.91 Å². The number of hydrogen-bond acceptors (Lipinski definition) is 5. The number of para-hydroxylation sites is 1. The van der Waals surface area contributed by atoms with Crippen molar-refractivity contribution in [2.75, 3.05) is 19.8 Å². The van der Waals surface area contributed by atoms with Crippen LogP contribution in [-0.2, 0) is 4.79 Å². The fourth-order valence-electron chi connectivity index (χ4n) is 2.27. The molecule has 0 atom stereocenters. The van der Waals surface area contributed by atoms with E-state index in [0.717, 1.165) is 6.42 Å². The zero-order chi connectivity index (χ0) is 20.9. The van der Waals surface area contributed by atoms with Gasteiger partial charge in [-0.05, 0) is 42.8 Å². The van der Waals surface area contributed by atoms with Crippen molar-refractivity contribution in [3.05, 3.63) is 72.3 Å². The van der Waals surface area contributed by atoms with E-state index in [2.05, 4.69) is 22.4 Å². The van der Waals surface area contributed by atoms with Crippen molar-refractivity contribution >= 4 is 18.0 Å². The number of carbonyl (C=O) groups is 2. The van der Waals surface area contributed by atoms with Crippen molar-refractivity contribution in [3.63, 3.8) is 0 Å². The largest absolute Gasteiger partial charge is 0.494 e. The van der Waals surface area contributed by atoms with Crippen LogP contribution in [0.4, 0.5) is 0 Å². The Hall–Kier alpha value is -3.61. The first kappa shape index (κ1) is 21.7. The van der Waals surface area contributed by atoms with Gasteiger partial charge in [0, 0.05) is 11.1 Å². The van der Waals surface area contributed by atoms with Gasteiger partial charge in [0.1, 0.15) is 18.1 Å². The Balaban J connectivity index is 1.80. The third kappa shape index (κ3) is 7.50. The number of rotatable bonds is 11. The second-order valence-electron chi connectivity index (χ2n) is 5.99. The first-order valence-corrected chi connectivity index (χ1v) is 9.29. The predicted molar refractivity (Wildman–Crippen MR) is 112 cm³/mol. The van der Waals surface area contributed by atoms with Gasteiger partial charge in [-0.2, -0.15) is 5.10 Å². The van der Waals surface area contributed by atoms with Crippen LogP contribution in [0.15, 0.2) is 66.3 Å². The average molecular weight is 395 g/mol. The number of amides is 2. The van der Waals surface area contributed by atoms with Crippen molar-refractivity contribution in [2.45, 2.75) is 13.3 Å². The maximum atomic E-state index is 12.1. The molecule has 0 heterocycles. The molecule has 2 aromatic carbocycles. The second kappa shape index (κ2) is 12.0. The molecule has 152 valence electrons. The fraction of sp³-hybridized carbons (Fsp3) is 0.227. The molecule has 0 aliphatic carbocycles. The molecule has 0 radical (unpaired) electrons. The summed E-state index contributed by atoms with van der Waals surface area (Å²) in [7, 11) is 0. The van der Waals surface area contributed by atoms with E-state index >= 15 is 0 Å². The van der Waals surface area contributed by atoms with Gasteiger partial charge in [0.25, 0.3) is 11.8 Å². The van der Waals surface area contributed by atoms with Gasteiger partial charge in [-0.15, -0.1) is 0 Å². The fourth-order valence-corrected chi connectivity index (χ4v) is 2.27. The van der Waals surface area contributed by atoms with Crippen LogP contribution in [0.2, 0.25) is 0 Å². The normalized spacial score (nSPS) is 10.4. The Labute approximate surface area is 170 Å². The number of nitrogens with one attached hydrogen (secondary N) is 2. The minimum absolute atomic E-state index is 0.196. The number of benzene rings is 2. The summed E-state index contributed by atoms with van der Waals surface area (Å²) >= 11 is 0. The van der Waals surface area contributed by atoms with Gasteiger partial charge in [-0.3, -0.25) is 9.59 Å². The summed E-state index contributed by atoms with van der Waals surface area (Å²) in [5.41, 5.74) is 3.53. The molecule has 0 aromatic heterocycles. The van der Waals surface area contributed by atoms with Gasteiger partial charge in [0.05, 0.1) is 19.4 Å². The summed E-state index contributed by atoms with van der Waals surface area (Å²) in [6, 6.07) is 14.0. The molecule has 0 saturated heterocycles. The van der Waals surface area contributed by atoms with E-state index in [-0.39, 0.29) is 12.5 Å². The average Bonchev–Trinajstić information content (AvgIpc) is 2.75. The number of nitrogens with zero attached hydrogens (tertiary/aromatic N) is 1. The monoisotopic (exact) mass is 395 g/mol. The van der Waals surface area contributed by atoms with Crippen LogP contribution in [0, 0.1) is 0 Å². The zero-order valence-corrected chi connectivity index (χ0v) is 16.4. The van der Waals surface area contributed by atoms with E-state index in [4.69, 9.17) is 9.47 Å². The van der Waals surface area contributed by atoms with E-state index in [9.17, 15) is 9.59 Å². The molecule has 0 bridgehead atoms. The van der Waals surface area contributed by atoms with Gasteiger partial charge in [0.15, 0.2) is 0 Å². The van der Waals surface area contributed by atoms with Crippen LogP contribution in [0.25, 0.3) is 0 Å². The molecule has 2 aromatic rings. The number of hydrogen-bond donors (Lipinski definition) is 2. The molecule has 0 aliphatic heterocycles. The van der Waals surface area contributed by atoms with E-state index in [1.807, 2.05) is 25.1 Å². The highest BCUT2D eigenvalue weighted by Crippen LogP contribution is 2.15. The Morgan fingerprint density at radius 3 is 2.59 bits per heavy atom.